The second kappa shape index (κ2) is 10.1. The van der Waals surface area contributed by atoms with Gasteiger partial charge in [-0.1, -0.05) is 30.3 Å². The van der Waals surface area contributed by atoms with Gasteiger partial charge >= 0.3 is 0 Å². The first-order valence-corrected chi connectivity index (χ1v) is 7.78. The number of guanidine groups is 1. The summed E-state index contributed by atoms with van der Waals surface area (Å²) < 4.78 is 11.2. The van der Waals surface area contributed by atoms with Crippen LogP contribution in [0.15, 0.2) is 35.3 Å². The van der Waals surface area contributed by atoms with Gasteiger partial charge in [-0.2, -0.15) is 0 Å². The van der Waals surface area contributed by atoms with Crippen molar-refractivity contribution in [3.05, 3.63) is 35.9 Å². The van der Waals surface area contributed by atoms with Crippen LogP contribution in [-0.4, -0.2) is 57.4 Å². The van der Waals surface area contributed by atoms with E-state index >= 15 is 0 Å². The number of halogens is 1. The van der Waals surface area contributed by atoms with Gasteiger partial charge in [0.05, 0.1) is 12.1 Å². The molecule has 0 spiro atoms. The fourth-order valence-corrected chi connectivity index (χ4v) is 2.54. The number of ether oxygens (including phenoxy) is 2. The monoisotopic (exact) mass is 433 g/mol. The molecule has 1 aromatic rings. The van der Waals surface area contributed by atoms with Crippen molar-refractivity contribution in [2.45, 2.75) is 25.0 Å². The number of aliphatic imine (C=N–C) groups is 1. The highest BCUT2D eigenvalue weighted by molar-refractivity contribution is 14.0. The zero-order chi connectivity index (χ0) is 15.8. The van der Waals surface area contributed by atoms with E-state index in [9.17, 15) is 0 Å². The molecule has 0 atom stereocenters. The van der Waals surface area contributed by atoms with Crippen molar-refractivity contribution in [1.29, 1.82) is 0 Å². The molecule has 23 heavy (non-hydrogen) atoms. The van der Waals surface area contributed by atoms with Crippen molar-refractivity contribution in [2.75, 3.05) is 41.0 Å². The average Bonchev–Trinajstić information content (AvgIpc) is 2.56. The predicted octanol–water partition coefficient (Wildman–Crippen LogP) is 2.51. The number of nitrogens with zero attached hydrogens (tertiary/aromatic N) is 2. The average molecular weight is 433 g/mol. The maximum Gasteiger partial charge on any atom is 0.193 e. The van der Waals surface area contributed by atoms with Crippen molar-refractivity contribution in [2.24, 2.45) is 4.99 Å². The second-order valence-electron chi connectivity index (χ2n) is 5.87. The Morgan fingerprint density at radius 1 is 1.26 bits per heavy atom. The zero-order valence-corrected chi connectivity index (χ0v) is 16.6. The molecule has 2 rings (SSSR count). The van der Waals surface area contributed by atoms with E-state index in [2.05, 4.69) is 22.4 Å². The van der Waals surface area contributed by atoms with E-state index in [0.717, 1.165) is 38.6 Å². The van der Waals surface area contributed by atoms with Gasteiger partial charge in [0.15, 0.2) is 5.96 Å². The van der Waals surface area contributed by atoms with Gasteiger partial charge in [0.2, 0.25) is 0 Å². The number of rotatable bonds is 5. The third-order valence-electron chi connectivity index (χ3n) is 4.08. The molecule has 0 radical (unpaired) electrons. The third kappa shape index (κ3) is 6.27. The molecule has 1 fully saturated rings. The van der Waals surface area contributed by atoms with E-state index in [1.165, 1.54) is 5.56 Å². The lowest BCUT2D eigenvalue weighted by atomic mass is 9.94. The molecule has 0 bridgehead atoms. The molecule has 5 nitrogen and oxygen atoms in total. The smallest absolute Gasteiger partial charge is 0.193 e. The number of hydrogen-bond donors (Lipinski definition) is 1. The van der Waals surface area contributed by atoms with Gasteiger partial charge in [-0.25, -0.2) is 4.99 Å². The standard InChI is InChI=1S/C17H27N3O2.HI/c1-20(2)16(18-13-15-7-5-4-6-8-15)19-14-17(21-3)9-11-22-12-10-17;/h4-8H,9-14H2,1-3H3,(H,18,19);1H. The molecule has 0 saturated carbocycles. The molecule has 130 valence electrons. The Balaban J connectivity index is 0.00000264. The van der Waals surface area contributed by atoms with Crippen LogP contribution in [0.1, 0.15) is 18.4 Å². The first-order chi connectivity index (χ1) is 10.7. The summed E-state index contributed by atoms with van der Waals surface area (Å²) in [7, 11) is 5.78. The lowest BCUT2D eigenvalue weighted by Crippen LogP contribution is -2.50. The van der Waals surface area contributed by atoms with E-state index < -0.39 is 0 Å². The van der Waals surface area contributed by atoms with Crippen molar-refractivity contribution < 1.29 is 9.47 Å². The number of benzene rings is 1. The minimum absolute atomic E-state index is 0. The summed E-state index contributed by atoms with van der Waals surface area (Å²) >= 11 is 0. The molecule has 1 saturated heterocycles. The Morgan fingerprint density at radius 2 is 1.91 bits per heavy atom. The van der Waals surface area contributed by atoms with Crippen LogP contribution >= 0.6 is 24.0 Å². The number of nitrogens with one attached hydrogen (secondary N) is 1. The molecule has 0 aromatic heterocycles. The van der Waals surface area contributed by atoms with Crippen molar-refractivity contribution in [1.82, 2.24) is 10.2 Å². The quantitative estimate of drug-likeness (QED) is 0.441. The highest BCUT2D eigenvalue weighted by atomic mass is 127. The summed E-state index contributed by atoms with van der Waals surface area (Å²) in [6.45, 7) is 2.94. The van der Waals surface area contributed by atoms with Crippen LogP contribution in [0.3, 0.4) is 0 Å². The lowest BCUT2D eigenvalue weighted by molar-refractivity contribution is -0.0857. The second-order valence-corrected chi connectivity index (χ2v) is 5.87. The Morgan fingerprint density at radius 3 is 2.48 bits per heavy atom. The fourth-order valence-electron chi connectivity index (χ4n) is 2.54. The Kier molecular flexibility index (Phi) is 8.86. The minimum atomic E-state index is -0.151. The number of methoxy groups -OCH3 is 1. The normalized spacial score (nSPS) is 17.3. The summed E-state index contributed by atoms with van der Waals surface area (Å²) in [6.07, 6.45) is 1.83. The Hall–Kier alpha value is -0.860. The van der Waals surface area contributed by atoms with Crippen molar-refractivity contribution in [3.63, 3.8) is 0 Å². The predicted molar refractivity (Wildman–Crippen MR) is 104 cm³/mol. The van der Waals surface area contributed by atoms with Crippen LogP contribution in [0.2, 0.25) is 0 Å². The molecule has 0 unspecified atom stereocenters. The Bertz CT molecular complexity index is 474. The zero-order valence-electron chi connectivity index (χ0n) is 14.2. The molecule has 1 N–H and O–H groups in total. The van der Waals surface area contributed by atoms with Crippen LogP contribution < -0.4 is 5.32 Å². The van der Waals surface area contributed by atoms with Crippen molar-refractivity contribution >= 4 is 29.9 Å². The van der Waals surface area contributed by atoms with Crippen LogP contribution in [-0.2, 0) is 16.0 Å². The molecular weight excluding hydrogens is 405 g/mol. The van der Waals surface area contributed by atoms with Gasteiger partial charge in [-0.15, -0.1) is 24.0 Å². The van der Waals surface area contributed by atoms with Gasteiger partial charge in [-0.3, -0.25) is 0 Å². The molecular formula is C17H28IN3O2. The first kappa shape index (κ1) is 20.2. The van der Waals surface area contributed by atoms with Gasteiger partial charge in [0.25, 0.3) is 0 Å². The maximum atomic E-state index is 5.76. The molecule has 1 aromatic carbocycles. The van der Waals surface area contributed by atoms with E-state index in [4.69, 9.17) is 9.47 Å². The molecule has 1 aliphatic rings. The van der Waals surface area contributed by atoms with Crippen molar-refractivity contribution in [3.8, 4) is 0 Å². The fraction of sp³-hybridized carbons (Fsp3) is 0.588. The maximum absolute atomic E-state index is 5.76. The molecule has 1 heterocycles. The van der Waals surface area contributed by atoms with E-state index in [1.54, 1.807) is 7.11 Å². The lowest BCUT2D eigenvalue weighted by Gasteiger charge is -2.36. The molecule has 1 aliphatic heterocycles. The summed E-state index contributed by atoms with van der Waals surface area (Å²) in [4.78, 5) is 6.69. The van der Waals surface area contributed by atoms with Gasteiger partial charge in [-0.05, 0) is 5.56 Å². The van der Waals surface area contributed by atoms with E-state index in [-0.39, 0.29) is 29.6 Å². The van der Waals surface area contributed by atoms with Crippen LogP contribution in [0.4, 0.5) is 0 Å². The number of hydrogen-bond acceptors (Lipinski definition) is 3. The van der Waals surface area contributed by atoms with Gasteiger partial charge in [0, 0.05) is 53.8 Å². The van der Waals surface area contributed by atoms with E-state index in [1.807, 2.05) is 37.2 Å². The first-order valence-electron chi connectivity index (χ1n) is 7.78. The SMILES string of the molecule is COC1(CNC(=NCc2ccccc2)N(C)C)CCOCC1.I. The molecule has 0 amide bonds. The van der Waals surface area contributed by atoms with Crippen LogP contribution in [0.5, 0.6) is 0 Å². The largest absolute Gasteiger partial charge is 0.381 e. The van der Waals surface area contributed by atoms with Crippen LogP contribution in [0, 0.1) is 0 Å². The molecule has 6 heteroatoms. The van der Waals surface area contributed by atoms with Gasteiger partial charge < -0.3 is 19.7 Å². The highest BCUT2D eigenvalue weighted by Crippen LogP contribution is 2.23. The van der Waals surface area contributed by atoms with Crippen LogP contribution in [0.25, 0.3) is 0 Å². The van der Waals surface area contributed by atoms with Gasteiger partial charge in [0.1, 0.15) is 0 Å². The Labute approximate surface area is 156 Å². The summed E-state index contributed by atoms with van der Waals surface area (Å²) in [5, 5.41) is 3.45. The molecule has 0 aliphatic carbocycles. The summed E-state index contributed by atoms with van der Waals surface area (Å²) in [5.74, 6) is 0.881. The van der Waals surface area contributed by atoms with E-state index in [0.29, 0.717) is 6.54 Å². The summed E-state index contributed by atoms with van der Waals surface area (Å²) in [5.41, 5.74) is 1.05. The summed E-state index contributed by atoms with van der Waals surface area (Å²) in [6, 6.07) is 10.3. The minimum Gasteiger partial charge on any atom is -0.381 e. The highest BCUT2D eigenvalue weighted by Gasteiger charge is 2.32. The topological polar surface area (TPSA) is 46.1 Å². The third-order valence-corrected chi connectivity index (χ3v) is 4.08.